The number of carbonyl (C=O) groups excluding carboxylic acids is 2. The van der Waals surface area contributed by atoms with Crippen molar-refractivity contribution in [1.82, 2.24) is 5.32 Å². The average Bonchev–Trinajstić information content (AvgIpc) is 2.93. The number of carbonyl (C=O) groups is 2. The third-order valence-electron chi connectivity index (χ3n) is 3.17. The molecule has 2 fully saturated rings. The second kappa shape index (κ2) is 5.00. The molecule has 6 heteroatoms. The lowest BCUT2D eigenvalue weighted by Crippen LogP contribution is -2.46. The van der Waals surface area contributed by atoms with E-state index in [1.165, 1.54) is 0 Å². The van der Waals surface area contributed by atoms with E-state index in [9.17, 15) is 9.59 Å². The molecule has 1 aliphatic carbocycles. The van der Waals surface area contributed by atoms with Gasteiger partial charge in [0.15, 0.2) is 0 Å². The Kier molecular flexibility index (Phi) is 3.71. The van der Waals surface area contributed by atoms with E-state index in [2.05, 4.69) is 5.32 Å². The van der Waals surface area contributed by atoms with Crippen LogP contribution in [0.1, 0.15) is 34.1 Å². The number of hydrogen-bond donors (Lipinski definition) is 1. The van der Waals surface area contributed by atoms with Crippen molar-refractivity contribution in [2.24, 2.45) is 5.92 Å². The van der Waals surface area contributed by atoms with Gasteiger partial charge in [0.2, 0.25) is 0 Å². The van der Waals surface area contributed by atoms with Gasteiger partial charge in [0, 0.05) is 0 Å². The number of rotatable bonds is 3. The van der Waals surface area contributed by atoms with E-state index >= 15 is 0 Å². The van der Waals surface area contributed by atoms with Crippen molar-refractivity contribution >= 4 is 12.1 Å². The number of nitrogens with one attached hydrogen (secondary N) is 1. The molecule has 0 aromatic rings. The Morgan fingerprint density at radius 3 is 2.63 bits per heavy atom. The van der Waals surface area contributed by atoms with Crippen LogP contribution in [0.2, 0.25) is 0 Å². The lowest BCUT2D eigenvalue weighted by molar-refractivity contribution is -0.149. The fourth-order valence-electron chi connectivity index (χ4n) is 2.41. The van der Waals surface area contributed by atoms with E-state index in [1.54, 1.807) is 27.7 Å². The number of hydrogen-bond acceptors (Lipinski definition) is 5. The molecule has 0 bridgehead atoms. The van der Waals surface area contributed by atoms with Gasteiger partial charge in [0.25, 0.3) is 0 Å². The van der Waals surface area contributed by atoms with Crippen molar-refractivity contribution in [2.75, 3.05) is 6.61 Å². The minimum atomic E-state index is -0.564. The predicted octanol–water partition coefficient (Wildman–Crippen LogP) is 1.23. The highest BCUT2D eigenvalue weighted by Gasteiger charge is 2.59. The fourth-order valence-corrected chi connectivity index (χ4v) is 2.41. The standard InChI is InChI=1S/C13H21NO5/c1-5-17-11(15)7-6-8-10(18-8)9(7)14-12(16)19-13(2,3)4/h7-10H,5-6H2,1-4H3,(H,14,16)/t7-,8+,9-,10+/m0/s1. The van der Waals surface area contributed by atoms with E-state index in [-0.39, 0.29) is 30.1 Å². The molecule has 0 unspecified atom stereocenters. The van der Waals surface area contributed by atoms with Crippen LogP contribution in [0.25, 0.3) is 0 Å². The van der Waals surface area contributed by atoms with Crippen molar-refractivity contribution in [1.29, 1.82) is 0 Å². The molecule has 6 nitrogen and oxygen atoms in total. The third kappa shape index (κ3) is 3.37. The summed E-state index contributed by atoms with van der Waals surface area (Å²) >= 11 is 0. The highest BCUT2D eigenvalue weighted by molar-refractivity contribution is 5.76. The van der Waals surface area contributed by atoms with Crippen LogP contribution in [0.5, 0.6) is 0 Å². The number of esters is 1. The largest absolute Gasteiger partial charge is 0.466 e. The SMILES string of the molecule is CCOC(=O)[C@H]1C[C@H]2O[C@H]2[C@H]1NC(=O)OC(C)(C)C. The van der Waals surface area contributed by atoms with Gasteiger partial charge in [-0.2, -0.15) is 0 Å². The summed E-state index contributed by atoms with van der Waals surface area (Å²) in [6.07, 6.45) is 0.0588. The summed E-state index contributed by atoms with van der Waals surface area (Å²) in [5.41, 5.74) is -0.564. The van der Waals surface area contributed by atoms with Crippen LogP contribution in [-0.2, 0) is 19.0 Å². The van der Waals surface area contributed by atoms with Crippen molar-refractivity contribution in [3.63, 3.8) is 0 Å². The summed E-state index contributed by atoms with van der Waals surface area (Å²) < 4.78 is 15.6. The molecule has 1 amide bonds. The van der Waals surface area contributed by atoms with Gasteiger partial charge in [-0.3, -0.25) is 4.79 Å². The second-order valence-corrected chi connectivity index (χ2v) is 5.91. The summed E-state index contributed by atoms with van der Waals surface area (Å²) in [6, 6.07) is -0.348. The van der Waals surface area contributed by atoms with Crippen LogP contribution in [0, 0.1) is 5.92 Å². The van der Waals surface area contributed by atoms with Crippen molar-refractivity contribution in [3.8, 4) is 0 Å². The summed E-state index contributed by atoms with van der Waals surface area (Å²) in [5.74, 6) is -0.615. The number of epoxide rings is 1. The van der Waals surface area contributed by atoms with E-state index in [4.69, 9.17) is 14.2 Å². The van der Waals surface area contributed by atoms with Gasteiger partial charge in [-0.15, -0.1) is 0 Å². The molecule has 1 saturated heterocycles. The lowest BCUT2D eigenvalue weighted by atomic mass is 10.0. The first-order valence-corrected chi connectivity index (χ1v) is 6.63. The Morgan fingerprint density at radius 1 is 1.37 bits per heavy atom. The summed E-state index contributed by atoms with van der Waals surface area (Å²) in [5, 5.41) is 2.73. The van der Waals surface area contributed by atoms with Gasteiger partial charge >= 0.3 is 12.1 Å². The average molecular weight is 271 g/mol. The highest BCUT2D eigenvalue weighted by Crippen LogP contribution is 2.43. The van der Waals surface area contributed by atoms with E-state index in [1.807, 2.05) is 0 Å². The molecule has 108 valence electrons. The fraction of sp³-hybridized carbons (Fsp3) is 0.846. The number of fused-ring (bicyclic) bond motifs is 1. The van der Waals surface area contributed by atoms with E-state index in [0.717, 1.165) is 0 Å². The third-order valence-corrected chi connectivity index (χ3v) is 3.17. The van der Waals surface area contributed by atoms with Crippen LogP contribution in [0.3, 0.4) is 0 Å². The maximum atomic E-state index is 11.8. The zero-order valence-electron chi connectivity index (χ0n) is 11.8. The first-order valence-electron chi connectivity index (χ1n) is 6.63. The molecule has 2 aliphatic rings. The molecule has 0 spiro atoms. The topological polar surface area (TPSA) is 77.2 Å². The zero-order valence-corrected chi connectivity index (χ0v) is 11.8. The Bertz CT molecular complexity index is 376. The zero-order chi connectivity index (χ0) is 14.2. The summed E-state index contributed by atoms with van der Waals surface area (Å²) in [4.78, 5) is 23.6. The van der Waals surface area contributed by atoms with Crippen LogP contribution in [0.4, 0.5) is 4.79 Å². The van der Waals surface area contributed by atoms with Gasteiger partial charge in [0.05, 0.1) is 24.7 Å². The van der Waals surface area contributed by atoms with Crippen LogP contribution in [0.15, 0.2) is 0 Å². The van der Waals surface area contributed by atoms with E-state index in [0.29, 0.717) is 13.0 Å². The molecule has 1 heterocycles. The molecular weight excluding hydrogens is 250 g/mol. The Balaban J connectivity index is 1.93. The molecule has 1 saturated carbocycles. The number of ether oxygens (including phenoxy) is 3. The molecule has 0 aromatic heterocycles. The molecule has 19 heavy (non-hydrogen) atoms. The Hall–Kier alpha value is -1.30. The smallest absolute Gasteiger partial charge is 0.407 e. The highest BCUT2D eigenvalue weighted by atomic mass is 16.6. The van der Waals surface area contributed by atoms with E-state index < -0.39 is 11.7 Å². The van der Waals surface area contributed by atoms with Gasteiger partial charge < -0.3 is 19.5 Å². The minimum Gasteiger partial charge on any atom is -0.466 e. The Labute approximate surface area is 112 Å². The first kappa shape index (κ1) is 14.1. The monoisotopic (exact) mass is 271 g/mol. The van der Waals surface area contributed by atoms with Crippen LogP contribution in [-0.4, -0.2) is 42.5 Å². The van der Waals surface area contributed by atoms with Crippen LogP contribution >= 0.6 is 0 Å². The van der Waals surface area contributed by atoms with Crippen molar-refractivity contribution in [2.45, 2.75) is 58.0 Å². The minimum absolute atomic E-state index is 0.0642. The number of amides is 1. The predicted molar refractivity (Wildman–Crippen MR) is 66.6 cm³/mol. The van der Waals surface area contributed by atoms with Gasteiger partial charge in [-0.1, -0.05) is 0 Å². The van der Waals surface area contributed by atoms with Gasteiger partial charge in [-0.05, 0) is 34.1 Å². The van der Waals surface area contributed by atoms with Crippen molar-refractivity contribution < 1.29 is 23.8 Å². The summed E-state index contributed by atoms with van der Waals surface area (Å²) in [6.45, 7) is 7.48. The summed E-state index contributed by atoms with van der Waals surface area (Å²) in [7, 11) is 0. The van der Waals surface area contributed by atoms with Crippen molar-refractivity contribution in [3.05, 3.63) is 0 Å². The quantitative estimate of drug-likeness (QED) is 0.617. The molecule has 0 radical (unpaired) electrons. The molecule has 1 N–H and O–H groups in total. The maximum Gasteiger partial charge on any atom is 0.407 e. The number of alkyl carbamates (subject to hydrolysis) is 1. The van der Waals surface area contributed by atoms with Gasteiger partial charge in [-0.25, -0.2) is 4.79 Å². The first-order chi connectivity index (χ1) is 8.81. The Morgan fingerprint density at radius 2 is 2.05 bits per heavy atom. The van der Waals surface area contributed by atoms with Crippen LogP contribution < -0.4 is 5.32 Å². The lowest BCUT2D eigenvalue weighted by Gasteiger charge is -2.24. The normalized spacial score (nSPS) is 32.4. The second-order valence-electron chi connectivity index (χ2n) is 5.91. The molecule has 2 rings (SSSR count). The van der Waals surface area contributed by atoms with Gasteiger partial charge in [0.1, 0.15) is 11.7 Å². The molecular formula is C13H21NO5. The molecule has 4 atom stereocenters. The molecule has 0 aromatic carbocycles. The maximum absolute atomic E-state index is 11.8. The molecule has 1 aliphatic heterocycles.